The van der Waals surface area contributed by atoms with Crippen LogP contribution in [0, 0.1) is 17.7 Å². The molecule has 0 amide bonds. The Morgan fingerprint density at radius 1 is 1.41 bits per heavy atom. The smallest absolute Gasteiger partial charge is 0.123 e. The van der Waals surface area contributed by atoms with E-state index < -0.39 is 0 Å². The Kier molecular flexibility index (Phi) is 2.68. The summed E-state index contributed by atoms with van der Waals surface area (Å²) in [5, 5.41) is 0.638. The molecule has 0 saturated heterocycles. The maximum Gasteiger partial charge on any atom is 0.123 e. The second-order valence-corrected chi connectivity index (χ2v) is 6.13. The molecule has 3 rings (SSSR count). The van der Waals surface area contributed by atoms with Crippen LogP contribution < -0.4 is 5.73 Å². The van der Waals surface area contributed by atoms with E-state index in [1.165, 1.54) is 31.4 Å². The Morgan fingerprint density at radius 3 is 2.88 bits per heavy atom. The molecule has 92 valence electrons. The molecule has 17 heavy (non-hydrogen) atoms. The molecule has 1 nitrogen and oxygen atoms in total. The zero-order chi connectivity index (χ0) is 12.0. The number of hydrogen-bond acceptors (Lipinski definition) is 1. The van der Waals surface area contributed by atoms with E-state index in [2.05, 4.69) is 0 Å². The summed E-state index contributed by atoms with van der Waals surface area (Å²) in [6.07, 6.45) is 5.59. The van der Waals surface area contributed by atoms with E-state index in [-0.39, 0.29) is 11.4 Å². The molecule has 0 heterocycles. The number of hydrogen-bond donors (Lipinski definition) is 1. The van der Waals surface area contributed by atoms with Crippen molar-refractivity contribution in [3.05, 3.63) is 34.6 Å². The largest absolute Gasteiger partial charge is 0.325 e. The lowest BCUT2D eigenvalue weighted by Crippen LogP contribution is -2.47. The standard InChI is InChI=1S/C14H17ClFN/c15-13-4-3-12(16)6-10(13)8-14(17)7-9-1-2-11(14)5-9/h3-4,6,9,11H,1-2,5,7-8,17H2. The van der Waals surface area contributed by atoms with E-state index in [9.17, 15) is 4.39 Å². The minimum atomic E-state index is -0.226. The van der Waals surface area contributed by atoms with E-state index in [4.69, 9.17) is 17.3 Å². The Labute approximate surface area is 106 Å². The molecule has 0 aromatic heterocycles. The van der Waals surface area contributed by atoms with Gasteiger partial charge in [0, 0.05) is 10.6 Å². The number of rotatable bonds is 2. The van der Waals surface area contributed by atoms with Gasteiger partial charge in [0.15, 0.2) is 0 Å². The highest BCUT2D eigenvalue weighted by molar-refractivity contribution is 6.31. The van der Waals surface area contributed by atoms with Gasteiger partial charge in [0.2, 0.25) is 0 Å². The summed E-state index contributed by atoms with van der Waals surface area (Å²) in [6, 6.07) is 4.56. The highest BCUT2D eigenvalue weighted by Gasteiger charge is 2.48. The molecule has 1 aromatic carbocycles. The molecule has 0 spiro atoms. The van der Waals surface area contributed by atoms with E-state index >= 15 is 0 Å². The van der Waals surface area contributed by atoms with Crippen molar-refractivity contribution in [1.29, 1.82) is 0 Å². The molecule has 0 radical (unpaired) electrons. The minimum absolute atomic E-state index is 0.152. The van der Waals surface area contributed by atoms with Crippen LogP contribution in [0.15, 0.2) is 18.2 Å². The summed E-state index contributed by atoms with van der Waals surface area (Å²) < 4.78 is 13.2. The first-order valence-corrected chi connectivity index (χ1v) is 6.67. The summed E-state index contributed by atoms with van der Waals surface area (Å²) in [5.41, 5.74) is 7.22. The lowest BCUT2D eigenvalue weighted by Gasteiger charge is -2.34. The van der Waals surface area contributed by atoms with Gasteiger partial charge in [-0.3, -0.25) is 0 Å². The zero-order valence-electron chi connectivity index (χ0n) is 9.76. The fourth-order valence-electron chi connectivity index (χ4n) is 3.74. The molecule has 3 atom stereocenters. The lowest BCUT2D eigenvalue weighted by atomic mass is 9.77. The van der Waals surface area contributed by atoms with Crippen LogP contribution in [0.1, 0.15) is 31.2 Å². The topological polar surface area (TPSA) is 26.0 Å². The summed E-state index contributed by atoms with van der Waals surface area (Å²) in [4.78, 5) is 0. The molecule has 0 aliphatic heterocycles. The number of nitrogens with two attached hydrogens (primary N) is 1. The molecule has 2 fully saturated rings. The van der Waals surface area contributed by atoms with Crippen molar-refractivity contribution < 1.29 is 4.39 Å². The van der Waals surface area contributed by atoms with Gasteiger partial charge in [-0.15, -0.1) is 0 Å². The van der Waals surface area contributed by atoms with Crippen molar-refractivity contribution in [3.8, 4) is 0 Å². The highest BCUT2D eigenvalue weighted by atomic mass is 35.5. The molecule has 2 aliphatic carbocycles. The first-order chi connectivity index (χ1) is 8.07. The molecule has 3 unspecified atom stereocenters. The van der Waals surface area contributed by atoms with Crippen LogP contribution in [0.3, 0.4) is 0 Å². The van der Waals surface area contributed by atoms with Crippen molar-refractivity contribution in [3.63, 3.8) is 0 Å². The number of halogens is 2. The molecule has 2 N–H and O–H groups in total. The number of fused-ring (bicyclic) bond motifs is 2. The van der Waals surface area contributed by atoms with Crippen molar-refractivity contribution in [2.75, 3.05) is 0 Å². The van der Waals surface area contributed by atoms with Gasteiger partial charge in [-0.2, -0.15) is 0 Å². The average molecular weight is 254 g/mol. The lowest BCUT2D eigenvalue weighted by molar-refractivity contribution is 0.269. The summed E-state index contributed by atoms with van der Waals surface area (Å²) in [5.74, 6) is 1.17. The Morgan fingerprint density at radius 2 is 2.24 bits per heavy atom. The normalized spacial score (nSPS) is 35.5. The minimum Gasteiger partial charge on any atom is -0.325 e. The van der Waals surface area contributed by atoms with Crippen LogP contribution in [0.25, 0.3) is 0 Å². The van der Waals surface area contributed by atoms with E-state index in [1.54, 1.807) is 6.07 Å². The van der Waals surface area contributed by atoms with Crippen molar-refractivity contribution in [2.24, 2.45) is 17.6 Å². The molecule has 2 aliphatic rings. The van der Waals surface area contributed by atoms with Crippen LogP contribution >= 0.6 is 11.6 Å². The molecular weight excluding hydrogens is 237 g/mol. The first-order valence-electron chi connectivity index (χ1n) is 6.30. The van der Waals surface area contributed by atoms with Crippen LogP contribution in [0.4, 0.5) is 4.39 Å². The second-order valence-electron chi connectivity index (χ2n) is 5.73. The average Bonchev–Trinajstić information content (AvgIpc) is 2.83. The number of benzene rings is 1. The molecule has 2 saturated carbocycles. The van der Waals surface area contributed by atoms with Crippen LogP contribution in [0.5, 0.6) is 0 Å². The summed E-state index contributed by atoms with van der Waals surface area (Å²) >= 11 is 6.12. The third-order valence-corrected chi connectivity index (χ3v) is 4.92. The molecule has 2 bridgehead atoms. The maximum atomic E-state index is 13.2. The maximum absolute atomic E-state index is 13.2. The van der Waals surface area contributed by atoms with Crippen molar-refractivity contribution >= 4 is 11.6 Å². The highest BCUT2D eigenvalue weighted by Crippen LogP contribution is 2.51. The van der Waals surface area contributed by atoms with Crippen molar-refractivity contribution in [1.82, 2.24) is 0 Å². The fourth-order valence-corrected chi connectivity index (χ4v) is 3.92. The summed E-state index contributed by atoms with van der Waals surface area (Å²) in [7, 11) is 0. The van der Waals surface area contributed by atoms with Crippen LogP contribution in [-0.2, 0) is 6.42 Å². The quantitative estimate of drug-likeness (QED) is 0.857. The first kappa shape index (κ1) is 11.5. The van der Waals surface area contributed by atoms with E-state index in [0.29, 0.717) is 17.4 Å². The Balaban J connectivity index is 1.85. The molecule has 1 aromatic rings. The third kappa shape index (κ3) is 1.98. The van der Waals surface area contributed by atoms with Gasteiger partial charge in [0.05, 0.1) is 0 Å². The Hall–Kier alpha value is -0.600. The fraction of sp³-hybridized carbons (Fsp3) is 0.571. The van der Waals surface area contributed by atoms with Gasteiger partial charge < -0.3 is 5.73 Å². The van der Waals surface area contributed by atoms with Gasteiger partial charge >= 0.3 is 0 Å². The molecule has 3 heteroatoms. The Bertz CT molecular complexity index is 448. The third-order valence-electron chi connectivity index (χ3n) is 4.55. The predicted octanol–water partition coefficient (Wildman–Crippen LogP) is 3.54. The van der Waals surface area contributed by atoms with E-state index in [0.717, 1.165) is 17.9 Å². The summed E-state index contributed by atoms with van der Waals surface area (Å²) in [6.45, 7) is 0. The van der Waals surface area contributed by atoms with Crippen LogP contribution in [0.2, 0.25) is 5.02 Å². The van der Waals surface area contributed by atoms with Gasteiger partial charge in [-0.1, -0.05) is 18.0 Å². The monoisotopic (exact) mass is 253 g/mol. The zero-order valence-corrected chi connectivity index (χ0v) is 10.5. The van der Waals surface area contributed by atoms with Gasteiger partial charge in [-0.05, 0) is 61.3 Å². The van der Waals surface area contributed by atoms with Gasteiger partial charge in [0.25, 0.3) is 0 Å². The predicted molar refractivity (Wildman–Crippen MR) is 67.5 cm³/mol. The van der Waals surface area contributed by atoms with Gasteiger partial charge in [-0.25, -0.2) is 4.39 Å². The SMILES string of the molecule is NC1(Cc2cc(F)ccc2Cl)CC2CCC1C2. The van der Waals surface area contributed by atoms with Gasteiger partial charge in [0.1, 0.15) is 5.82 Å². The van der Waals surface area contributed by atoms with E-state index in [1.807, 2.05) is 0 Å². The van der Waals surface area contributed by atoms with Crippen LogP contribution in [-0.4, -0.2) is 5.54 Å². The van der Waals surface area contributed by atoms with Crippen molar-refractivity contribution in [2.45, 2.75) is 37.6 Å². The molecular formula is C14H17ClFN. The second kappa shape index (κ2) is 3.96.